The molecule has 0 bridgehead atoms. The maximum atomic E-state index is 12.0. The Morgan fingerprint density at radius 2 is 1.61 bits per heavy atom. The molecule has 1 rings (SSSR count). The molecule has 18 heavy (non-hydrogen) atoms. The van der Waals surface area contributed by atoms with Crippen molar-refractivity contribution >= 4 is 11.8 Å². The van der Waals surface area contributed by atoms with Gasteiger partial charge in [-0.05, 0) is 31.2 Å². The fourth-order valence-corrected chi connectivity index (χ4v) is 1.30. The zero-order valence-electron chi connectivity index (χ0n) is 11.2. The molecule has 0 unspecified atom stereocenters. The second kappa shape index (κ2) is 5.17. The lowest BCUT2D eigenvalue weighted by molar-refractivity contribution is -0.130. The van der Waals surface area contributed by atoms with Crippen molar-refractivity contribution in [2.75, 3.05) is 0 Å². The lowest BCUT2D eigenvalue weighted by atomic mass is 9.86. The number of Topliss-reactive ketones (excluding diaryl/α,β-unsaturated/α-hetero) is 1. The van der Waals surface area contributed by atoms with Crippen LogP contribution in [-0.2, 0) is 4.79 Å². The summed E-state index contributed by atoms with van der Waals surface area (Å²) in [6.45, 7) is 10.7. The van der Waals surface area contributed by atoms with Gasteiger partial charge in [0.15, 0.2) is 5.78 Å². The van der Waals surface area contributed by atoms with E-state index in [2.05, 4.69) is 6.58 Å². The van der Waals surface area contributed by atoms with Crippen LogP contribution in [0.15, 0.2) is 36.4 Å². The van der Waals surface area contributed by atoms with Crippen LogP contribution < -0.4 is 4.74 Å². The Morgan fingerprint density at radius 3 is 2.00 bits per heavy atom. The van der Waals surface area contributed by atoms with E-state index >= 15 is 0 Å². The highest BCUT2D eigenvalue weighted by Gasteiger charge is 2.22. The molecule has 0 fully saturated rings. The highest BCUT2D eigenvalue weighted by atomic mass is 16.5. The Balaban J connectivity index is 2.84. The van der Waals surface area contributed by atoms with Gasteiger partial charge in [-0.3, -0.25) is 4.79 Å². The second-order valence-electron chi connectivity index (χ2n) is 5.27. The Bertz CT molecular complexity index is 475. The van der Waals surface area contributed by atoms with Gasteiger partial charge in [0.25, 0.3) is 0 Å². The molecule has 0 aromatic heterocycles. The van der Waals surface area contributed by atoms with E-state index in [0.717, 1.165) is 0 Å². The fourth-order valence-electron chi connectivity index (χ4n) is 1.30. The average molecular weight is 246 g/mol. The number of ether oxygens (including phenoxy) is 1. The Kier molecular flexibility index (Phi) is 4.07. The van der Waals surface area contributed by atoms with Crippen LogP contribution in [0.3, 0.4) is 0 Å². The van der Waals surface area contributed by atoms with Gasteiger partial charge >= 0.3 is 5.97 Å². The molecule has 0 aliphatic carbocycles. The molecular formula is C15H18O3. The van der Waals surface area contributed by atoms with E-state index in [4.69, 9.17) is 4.74 Å². The van der Waals surface area contributed by atoms with Crippen LogP contribution in [0, 0.1) is 5.41 Å². The summed E-state index contributed by atoms with van der Waals surface area (Å²) in [5.41, 5.74) is 0.526. The van der Waals surface area contributed by atoms with Gasteiger partial charge in [-0.15, -0.1) is 0 Å². The molecule has 0 radical (unpaired) electrons. The number of carbonyl (C=O) groups excluding carboxylic acids is 2. The van der Waals surface area contributed by atoms with Gasteiger partial charge in [0.2, 0.25) is 0 Å². The fraction of sp³-hybridized carbons (Fsp3) is 0.333. The highest BCUT2D eigenvalue weighted by Crippen LogP contribution is 2.22. The Labute approximate surface area is 107 Å². The van der Waals surface area contributed by atoms with E-state index in [1.165, 1.54) is 0 Å². The molecule has 1 aromatic carbocycles. The molecule has 0 amide bonds. The Hall–Kier alpha value is -1.90. The third-order valence-corrected chi connectivity index (χ3v) is 2.36. The van der Waals surface area contributed by atoms with E-state index in [-0.39, 0.29) is 5.78 Å². The molecule has 3 heteroatoms. The van der Waals surface area contributed by atoms with Crippen LogP contribution in [0.5, 0.6) is 5.75 Å². The summed E-state index contributed by atoms with van der Waals surface area (Å²) in [4.78, 5) is 23.3. The van der Waals surface area contributed by atoms with E-state index in [9.17, 15) is 9.59 Å². The summed E-state index contributed by atoms with van der Waals surface area (Å²) in [5, 5.41) is 0. The zero-order chi connectivity index (χ0) is 13.9. The first-order chi connectivity index (χ1) is 8.21. The molecule has 96 valence electrons. The molecule has 0 saturated carbocycles. The SMILES string of the molecule is C=C(C)C(=O)Oc1ccc(C(=O)C(C)(C)C)cc1. The predicted molar refractivity (Wildman–Crippen MR) is 70.7 cm³/mol. The van der Waals surface area contributed by atoms with Gasteiger partial charge in [-0.2, -0.15) is 0 Å². The van der Waals surface area contributed by atoms with Crippen molar-refractivity contribution in [3.05, 3.63) is 42.0 Å². The van der Waals surface area contributed by atoms with Crippen LogP contribution >= 0.6 is 0 Å². The molecule has 0 spiro atoms. The third kappa shape index (κ3) is 3.55. The number of ketones is 1. The summed E-state index contributed by atoms with van der Waals surface area (Å²) in [5.74, 6) is -0.00126. The van der Waals surface area contributed by atoms with Crippen molar-refractivity contribution in [1.82, 2.24) is 0 Å². The van der Waals surface area contributed by atoms with Crippen molar-refractivity contribution in [3.8, 4) is 5.75 Å². The first-order valence-corrected chi connectivity index (χ1v) is 5.74. The number of hydrogen-bond donors (Lipinski definition) is 0. The lowest BCUT2D eigenvalue weighted by Gasteiger charge is -2.16. The van der Waals surface area contributed by atoms with Crippen LogP contribution in [0.1, 0.15) is 38.1 Å². The lowest BCUT2D eigenvalue weighted by Crippen LogP contribution is -2.20. The summed E-state index contributed by atoms with van der Waals surface area (Å²) in [7, 11) is 0. The highest BCUT2D eigenvalue weighted by molar-refractivity contribution is 5.99. The summed E-state index contributed by atoms with van der Waals surface area (Å²) >= 11 is 0. The van der Waals surface area contributed by atoms with Crippen LogP contribution in [0.25, 0.3) is 0 Å². The standard InChI is InChI=1S/C15H18O3/c1-10(2)14(17)18-12-8-6-11(7-9-12)13(16)15(3,4)5/h6-9H,1H2,2-5H3. The van der Waals surface area contributed by atoms with Crippen molar-refractivity contribution in [2.24, 2.45) is 5.41 Å². The molecule has 0 heterocycles. The largest absolute Gasteiger partial charge is 0.423 e. The first kappa shape index (κ1) is 14.2. The predicted octanol–water partition coefficient (Wildman–Crippen LogP) is 3.40. The number of esters is 1. The topological polar surface area (TPSA) is 43.4 Å². The van der Waals surface area contributed by atoms with Crippen molar-refractivity contribution in [1.29, 1.82) is 0 Å². The quantitative estimate of drug-likeness (QED) is 0.355. The van der Waals surface area contributed by atoms with E-state index in [1.54, 1.807) is 31.2 Å². The minimum Gasteiger partial charge on any atom is -0.423 e. The molecule has 0 N–H and O–H groups in total. The number of carbonyl (C=O) groups is 2. The van der Waals surface area contributed by atoms with Crippen molar-refractivity contribution in [2.45, 2.75) is 27.7 Å². The van der Waals surface area contributed by atoms with Gasteiger partial charge in [0.1, 0.15) is 5.75 Å². The monoisotopic (exact) mass is 246 g/mol. The Morgan fingerprint density at radius 1 is 1.11 bits per heavy atom. The van der Waals surface area contributed by atoms with Crippen molar-refractivity contribution in [3.63, 3.8) is 0 Å². The maximum Gasteiger partial charge on any atom is 0.338 e. The number of benzene rings is 1. The van der Waals surface area contributed by atoms with Gasteiger partial charge in [0.05, 0.1) is 0 Å². The van der Waals surface area contributed by atoms with E-state index in [1.807, 2.05) is 20.8 Å². The second-order valence-corrected chi connectivity index (χ2v) is 5.27. The first-order valence-electron chi connectivity index (χ1n) is 5.74. The number of rotatable bonds is 3. The van der Waals surface area contributed by atoms with E-state index in [0.29, 0.717) is 16.9 Å². The van der Waals surface area contributed by atoms with Crippen LogP contribution in [0.4, 0.5) is 0 Å². The summed E-state index contributed by atoms with van der Waals surface area (Å²) < 4.78 is 5.05. The van der Waals surface area contributed by atoms with Crippen LogP contribution in [0.2, 0.25) is 0 Å². The molecule has 3 nitrogen and oxygen atoms in total. The molecule has 0 aliphatic heterocycles. The van der Waals surface area contributed by atoms with Gasteiger partial charge in [0, 0.05) is 16.6 Å². The zero-order valence-corrected chi connectivity index (χ0v) is 11.2. The molecule has 1 aromatic rings. The third-order valence-electron chi connectivity index (χ3n) is 2.36. The minimum atomic E-state index is -0.468. The van der Waals surface area contributed by atoms with Crippen LogP contribution in [-0.4, -0.2) is 11.8 Å². The molecule has 0 aliphatic rings. The van der Waals surface area contributed by atoms with Gasteiger partial charge < -0.3 is 4.74 Å². The van der Waals surface area contributed by atoms with Gasteiger partial charge in [-0.1, -0.05) is 27.4 Å². The normalized spacial score (nSPS) is 10.9. The number of hydrogen-bond acceptors (Lipinski definition) is 3. The van der Waals surface area contributed by atoms with Crippen molar-refractivity contribution < 1.29 is 14.3 Å². The smallest absolute Gasteiger partial charge is 0.338 e. The average Bonchev–Trinajstić information content (AvgIpc) is 2.27. The molecule has 0 atom stereocenters. The summed E-state index contributed by atoms with van der Waals surface area (Å²) in [6.07, 6.45) is 0. The maximum absolute atomic E-state index is 12.0. The summed E-state index contributed by atoms with van der Waals surface area (Å²) in [6, 6.07) is 6.54. The minimum absolute atomic E-state index is 0.0558. The molecule has 0 saturated heterocycles. The van der Waals surface area contributed by atoms with E-state index < -0.39 is 11.4 Å². The molecular weight excluding hydrogens is 228 g/mol. The van der Waals surface area contributed by atoms with Gasteiger partial charge in [-0.25, -0.2) is 4.79 Å².